The molecule has 5 N–H and O–H groups in total. The highest BCUT2D eigenvalue weighted by molar-refractivity contribution is 6.03. The molecule has 1 fully saturated rings. The minimum absolute atomic E-state index is 0.0732. The van der Waals surface area contributed by atoms with Gasteiger partial charge in [0.1, 0.15) is 17.3 Å². The van der Waals surface area contributed by atoms with Crippen LogP contribution < -0.4 is 11.1 Å². The van der Waals surface area contributed by atoms with E-state index in [1.165, 1.54) is 31.0 Å². The maximum Gasteiger partial charge on any atom is 0.274 e. The van der Waals surface area contributed by atoms with Crippen molar-refractivity contribution in [2.75, 3.05) is 26.2 Å². The van der Waals surface area contributed by atoms with Gasteiger partial charge in [0.15, 0.2) is 11.5 Å². The van der Waals surface area contributed by atoms with Crippen LogP contribution in [0.25, 0.3) is 33.6 Å². The normalized spacial score (nSPS) is 13.1. The Hall–Kier alpha value is -4.21. The van der Waals surface area contributed by atoms with Gasteiger partial charge in [-0.25, -0.2) is 4.39 Å². The van der Waals surface area contributed by atoms with Crippen LogP contribution in [0, 0.1) is 5.82 Å². The summed E-state index contributed by atoms with van der Waals surface area (Å²) in [6.07, 6.45) is 2.42. The van der Waals surface area contributed by atoms with Crippen molar-refractivity contribution in [2.24, 2.45) is 5.73 Å². The molecule has 0 bridgehead atoms. The molecule has 3 aromatic carbocycles. The number of aromatic nitrogens is 1. The van der Waals surface area contributed by atoms with Crippen molar-refractivity contribution in [3.63, 3.8) is 0 Å². The Kier molecular flexibility index (Phi) is 9.52. The van der Waals surface area contributed by atoms with Crippen LogP contribution in [0.5, 0.6) is 11.5 Å². The van der Waals surface area contributed by atoms with Crippen LogP contribution in [0.1, 0.15) is 42.7 Å². The summed E-state index contributed by atoms with van der Waals surface area (Å²) in [5.41, 5.74) is 7.67. The Bertz CT molecular complexity index is 1450. The molecule has 8 nitrogen and oxygen atoms in total. The van der Waals surface area contributed by atoms with Crippen LogP contribution in [0.2, 0.25) is 0 Å². The monoisotopic (exact) mass is 546 g/mol. The van der Waals surface area contributed by atoms with Crippen molar-refractivity contribution >= 4 is 5.91 Å². The van der Waals surface area contributed by atoms with Gasteiger partial charge >= 0.3 is 0 Å². The third-order valence-electron chi connectivity index (χ3n) is 6.61. The Morgan fingerprint density at radius 3 is 2.30 bits per heavy atom. The van der Waals surface area contributed by atoms with Crippen molar-refractivity contribution in [3.05, 3.63) is 77.7 Å². The average Bonchev–Trinajstić information content (AvgIpc) is 3.61. The van der Waals surface area contributed by atoms with Crippen molar-refractivity contribution in [3.8, 4) is 45.1 Å². The molecule has 1 aromatic heterocycles. The number of rotatable bonds is 7. The number of phenols is 2. The maximum absolute atomic E-state index is 14.5. The van der Waals surface area contributed by atoms with E-state index in [0.29, 0.717) is 17.7 Å². The highest BCUT2D eigenvalue weighted by Gasteiger charge is 2.27. The van der Waals surface area contributed by atoms with E-state index in [-0.39, 0.29) is 39.6 Å². The first-order valence-corrected chi connectivity index (χ1v) is 13.5. The summed E-state index contributed by atoms with van der Waals surface area (Å²) in [5.74, 6) is -1.38. The molecule has 0 saturated carbocycles. The van der Waals surface area contributed by atoms with Crippen LogP contribution in [0.4, 0.5) is 4.39 Å². The van der Waals surface area contributed by atoms with Crippen LogP contribution in [0.3, 0.4) is 0 Å². The number of hydrogen-bond acceptors (Lipinski definition) is 7. The third-order valence-corrected chi connectivity index (χ3v) is 6.61. The van der Waals surface area contributed by atoms with Gasteiger partial charge in [-0.3, -0.25) is 9.69 Å². The van der Waals surface area contributed by atoms with E-state index in [4.69, 9.17) is 10.3 Å². The smallest absolute Gasteiger partial charge is 0.274 e. The molecule has 1 aliphatic heterocycles. The maximum atomic E-state index is 14.5. The second-order valence-electron chi connectivity index (χ2n) is 9.55. The number of nitrogens with zero attached hydrogens (tertiary/aromatic N) is 2. The molecule has 4 aromatic rings. The summed E-state index contributed by atoms with van der Waals surface area (Å²) in [4.78, 5) is 15.3. The Morgan fingerprint density at radius 2 is 1.65 bits per heavy atom. The molecule has 9 heteroatoms. The molecule has 2 heterocycles. The van der Waals surface area contributed by atoms with Gasteiger partial charge in [0.05, 0.1) is 11.1 Å². The van der Waals surface area contributed by atoms with Crippen molar-refractivity contribution in [1.29, 1.82) is 0 Å². The molecule has 1 amide bonds. The molecule has 1 aliphatic rings. The lowest BCUT2D eigenvalue weighted by Crippen LogP contribution is -2.23. The zero-order valence-electron chi connectivity index (χ0n) is 22.8. The van der Waals surface area contributed by atoms with E-state index in [1.54, 1.807) is 19.1 Å². The lowest BCUT2D eigenvalue weighted by molar-refractivity contribution is 0.0947. The number of carbonyl (C=O) groups excluding carboxylic acids is 1. The summed E-state index contributed by atoms with van der Waals surface area (Å²) >= 11 is 0. The van der Waals surface area contributed by atoms with Crippen molar-refractivity contribution in [2.45, 2.75) is 33.2 Å². The largest absolute Gasteiger partial charge is 0.507 e. The Balaban J connectivity index is 0.00000118. The predicted molar refractivity (Wildman–Crippen MR) is 153 cm³/mol. The van der Waals surface area contributed by atoms with E-state index >= 15 is 0 Å². The van der Waals surface area contributed by atoms with Crippen LogP contribution >= 0.6 is 0 Å². The first kappa shape index (κ1) is 28.8. The number of phenolic OH excluding ortho intramolecular Hbond substituents is 2. The summed E-state index contributed by atoms with van der Waals surface area (Å²) < 4.78 is 20.2. The molecule has 5 rings (SSSR count). The first-order chi connectivity index (χ1) is 19.4. The number of aromatic hydroxyl groups is 2. The lowest BCUT2D eigenvalue weighted by atomic mass is 9.94. The van der Waals surface area contributed by atoms with Crippen molar-refractivity contribution < 1.29 is 23.9 Å². The first-order valence-electron chi connectivity index (χ1n) is 13.5. The van der Waals surface area contributed by atoms with Gasteiger partial charge in [-0.05, 0) is 62.7 Å². The highest BCUT2D eigenvalue weighted by Crippen LogP contribution is 2.44. The standard InChI is InChI=1S/C29H28FN3O4.C2H7N/c1-2-31-29(36)27-26(19-11-9-18(10-12-19)17-33-13-5-6-14-33)28(37-32-27)22-15-21(24(34)16-25(22)35)20-7-3-4-8-23(20)30;1-2-3/h3-4,7-12,15-16,34-35H,2,5-6,13-14,17H2,1H3,(H,31,36);2-3H2,1H3. The van der Waals surface area contributed by atoms with Crippen LogP contribution in [0.15, 0.2) is 65.2 Å². The summed E-state index contributed by atoms with van der Waals surface area (Å²) in [7, 11) is 0. The molecule has 0 unspecified atom stereocenters. The number of hydrogen-bond donors (Lipinski definition) is 4. The van der Waals surface area contributed by atoms with Gasteiger partial charge in [-0.1, -0.05) is 54.5 Å². The molecule has 210 valence electrons. The number of carbonyl (C=O) groups is 1. The van der Waals surface area contributed by atoms with Crippen LogP contribution in [-0.4, -0.2) is 52.4 Å². The molecule has 0 radical (unpaired) electrons. The van der Waals surface area contributed by atoms with Crippen molar-refractivity contribution in [1.82, 2.24) is 15.4 Å². The second-order valence-corrected chi connectivity index (χ2v) is 9.55. The molecule has 0 spiro atoms. The van der Waals surface area contributed by atoms with Gasteiger partial charge in [0.2, 0.25) is 0 Å². The number of amides is 1. The van der Waals surface area contributed by atoms with E-state index in [9.17, 15) is 19.4 Å². The van der Waals surface area contributed by atoms with E-state index in [1.807, 2.05) is 31.2 Å². The third kappa shape index (κ3) is 6.32. The van der Waals surface area contributed by atoms with Gasteiger partial charge in [-0.2, -0.15) is 0 Å². The predicted octanol–water partition coefficient (Wildman–Crippen LogP) is 5.54. The minimum atomic E-state index is -0.524. The average molecular weight is 547 g/mol. The van der Waals surface area contributed by atoms with Gasteiger partial charge in [-0.15, -0.1) is 0 Å². The molecular formula is C31H35FN4O4. The van der Waals surface area contributed by atoms with Gasteiger partial charge in [0, 0.05) is 30.3 Å². The highest BCUT2D eigenvalue weighted by atomic mass is 19.1. The van der Waals surface area contributed by atoms with Crippen LogP contribution in [-0.2, 0) is 6.54 Å². The molecule has 40 heavy (non-hydrogen) atoms. The minimum Gasteiger partial charge on any atom is -0.507 e. The molecule has 0 atom stereocenters. The van der Waals surface area contributed by atoms with Gasteiger partial charge in [0.25, 0.3) is 5.91 Å². The zero-order chi connectivity index (χ0) is 28.6. The van der Waals surface area contributed by atoms with E-state index in [2.05, 4.69) is 15.4 Å². The fraction of sp³-hybridized carbons (Fsp3) is 0.290. The Morgan fingerprint density at radius 1 is 1.00 bits per heavy atom. The van der Waals surface area contributed by atoms with E-state index in [0.717, 1.165) is 37.8 Å². The number of benzene rings is 3. The topological polar surface area (TPSA) is 125 Å². The lowest BCUT2D eigenvalue weighted by Gasteiger charge is -2.15. The molecule has 1 saturated heterocycles. The number of nitrogens with one attached hydrogen (secondary N) is 1. The fourth-order valence-electron chi connectivity index (χ4n) is 4.77. The second kappa shape index (κ2) is 13.2. The number of nitrogens with two attached hydrogens (primary N) is 1. The van der Waals surface area contributed by atoms with Gasteiger partial charge < -0.3 is 25.8 Å². The molecule has 0 aliphatic carbocycles. The SMILES string of the molecule is CCN.CCNC(=O)c1noc(-c2cc(-c3ccccc3F)c(O)cc2O)c1-c1ccc(CN2CCCC2)cc1. The summed E-state index contributed by atoms with van der Waals surface area (Å²) in [6, 6.07) is 16.4. The summed E-state index contributed by atoms with van der Waals surface area (Å²) in [6.45, 7) is 7.88. The number of likely N-dealkylation sites (tertiary alicyclic amines) is 1. The number of halogens is 1. The summed E-state index contributed by atoms with van der Waals surface area (Å²) in [5, 5.41) is 28.0. The fourth-order valence-corrected chi connectivity index (χ4v) is 4.77. The zero-order valence-corrected chi connectivity index (χ0v) is 22.8. The van der Waals surface area contributed by atoms with E-state index < -0.39 is 11.7 Å². The quantitative estimate of drug-likeness (QED) is 0.240. The molecular weight excluding hydrogens is 511 g/mol. The Labute approximate surface area is 233 Å².